The highest BCUT2D eigenvalue weighted by Gasteiger charge is 2.20. The minimum absolute atomic E-state index is 0.0650. The maximum absolute atomic E-state index is 12.9. The van der Waals surface area contributed by atoms with Crippen LogP contribution in [-0.4, -0.2) is 40.5 Å². The molecular formula is C24H23N3O4S. The van der Waals surface area contributed by atoms with Gasteiger partial charge in [-0.1, -0.05) is 42.1 Å². The van der Waals surface area contributed by atoms with Gasteiger partial charge < -0.3 is 13.9 Å². The molecule has 0 unspecified atom stereocenters. The van der Waals surface area contributed by atoms with E-state index in [1.165, 1.54) is 18.9 Å². The largest absolute Gasteiger partial charge is 0.497 e. The molecule has 0 N–H and O–H groups in total. The predicted molar refractivity (Wildman–Crippen MR) is 123 cm³/mol. The Labute approximate surface area is 190 Å². The van der Waals surface area contributed by atoms with Crippen molar-refractivity contribution >= 4 is 17.5 Å². The summed E-state index contributed by atoms with van der Waals surface area (Å²) in [5.41, 5.74) is 2.49. The van der Waals surface area contributed by atoms with Crippen molar-refractivity contribution in [2.24, 2.45) is 0 Å². The lowest BCUT2D eigenvalue weighted by Crippen LogP contribution is -2.08. The van der Waals surface area contributed by atoms with Gasteiger partial charge in [-0.15, -0.1) is 10.2 Å². The van der Waals surface area contributed by atoms with Crippen LogP contribution in [0.15, 0.2) is 70.4 Å². The van der Waals surface area contributed by atoms with E-state index >= 15 is 0 Å². The van der Waals surface area contributed by atoms with Gasteiger partial charge in [0.1, 0.15) is 17.3 Å². The number of rotatable bonds is 9. The number of furan rings is 1. The number of aryl methyl sites for hydroxylation is 1. The molecule has 0 saturated heterocycles. The molecule has 4 rings (SSSR count). The lowest BCUT2D eigenvalue weighted by molar-refractivity contribution is 0.101. The van der Waals surface area contributed by atoms with Gasteiger partial charge in [-0.3, -0.25) is 9.36 Å². The highest BCUT2D eigenvalue weighted by Crippen LogP contribution is 2.30. The highest BCUT2D eigenvalue weighted by molar-refractivity contribution is 7.99. The van der Waals surface area contributed by atoms with Gasteiger partial charge in [-0.2, -0.15) is 0 Å². The summed E-state index contributed by atoms with van der Waals surface area (Å²) in [5.74, 6) is 2.72. The van der Waals surface area contributed by atoms with Crippen LogP contribution in [-0.2, 0) is 6.54 Å². The van der Waals surface area contributed by atoms with Gasteiger partial charge >= 0.3 is 0 Å². The summed E-state index contributed by atoms with van der Waals surface area (Å²) in [6.07, 6.45) is 1.64. The number of ketones is 1. The average Bonchev–Trinajstić information content (AvgIpc) is 3.43. The molecule has 0 fully saturated rings. The van der Waals surface area contributed by atoms with E-state index in [0.29, 0.717) is 34.6 Å². The van der Waals surface area contributed by atoms with Crippen molar-refractivity contribution in [3.05, 3.63) is 77.7 Å². The molecule has 0 aliphatic carbocycles. The second-order valence-corrected chi connectivity index (χ2v) is 7.99. The summed E-state index contributed by atoms with van der Waals surface area (Å²) in [4.78, 5) is 12.9. The average molecular weight is 450 g/mol. The normalized spacial score (nSPS) is 10.8. The minimum Gasteiger partial charge on any atom is -0.497 e. The smallest absolute Gasteiger partial charge is 0.192 e. The third-order valence-electron chi connectivity index (χ3n) is 5.04. The number of methoxy groups -OCH3 is 2. The molecule has 32 heavy (non-hydrogen) atoms. The van der Waals surface area contributed by atoms with E-state index in [1.807, 2.05) is 47.9 Å². The van der Waals surface area contributed by atoms with Crippen molar-refractivity contribution in [2.45, 2.75) is 18.6 Å². The topological polar surface area (TPSA) is 79.4 Å². The Morgan fingerprint density at radius 2 is 1.88 bits per heavy atom. The second-order valence-electron chi connectivity index (χ2n) is 7.05. The van der Waals surface area contributed by atoms with Gasteiger partial charge in [0.2, 0.25) is 0 Å². The van der Waals surface area contributed by atoms with E-state index in [9.17, 15) is 4.79 Å². The standard InChI is InChI=1S/C24H23N3O4S/c1-16-19(11-12-31-16)23-25-26-24(27(23)14-17-7-5-4-6-8-17)32-15-21(28)20-10-9-18(29-2)13-22(20)30-3/h4-13H,14-15H2,1-3H3. The Bertz CT molecular complexity index is 1220. The van der Waals surface area contributed by atoms with E-state index in [-0.39, 0.29) is 11.5 Å². The molecule has 2 aromatic carbocycles. The molecular weight excluding hydrogens is 426 g/mol. The van der Waals surface area contributed by atoms with Crippen LogP contribution >= 0.6 is 11.8 Å². The van der Waals surface area contributed by atoms with Crippen LogP contribution in [0.3, 0.4) is 0 Å². The number of benzene rings is 2. The summed E-state index contributed by atoms with van der Waals surface area (Å²) >= 11 is 1.34. The molecule has 2 heterocycles. The number of ether oxygens (including phenoxy) is 2. The van der Waals surface area contributed by atoms with E-state index in [2.05, 4.69) is 10.2 Å². The number of Topliss-reactive ketones (excluding diaryl/α,β-unsaturated/α-hetero) is 1. The van der Waals surface area contributed by atoms with Crippen molar-refractivity contribution in [3.63, 3.8) is 0 Å². The van der Waals surface area contributed by atoms with E-state index < -0.39 is 0 Å². The Morgan fingerprint density at radius 1 is 1.06 bits per heavy atom. The Morgan fingerprint density at radius 3 is 2.56 bits per heavy atom. The van der Waals surface area contributed by atoms with Gasteiger partial charge in [0, 0.05) is 6.07 Å². The van der Waals surface area contributed by atoms with E-state index in [0.717, 1.165) is 16.9 Å². The van der Waals surface area contributed by atoms with Crippen molar-refractivity contribution in [3.8, 4) is 22.9 Å². The zero-order valence-electron chi connectivity index (χ0n) is 18.1. The molecule has 0 atom stereocenters. The first-order valence-corrected chi connectivity index (χ1v) is 11.0. The van der Waals surface area contributed by atoms with Crippen LogP contribution in [0, 0.1) is 6.92 Å². The van der Waals surface area contributed by atoms with Crippen LogP contribution in [0.4, 0.5) is 0 Å². The fourth-order valence-electron chi connectivity index (χ4n) is 3.36. The Balaban J connectivity index is 1.60. The maximum atomic E-state index is 12.9. The fourth-order valence-corrected chi connectivity index (χ4v) is 4.18. The zero-order chi connectivity index (χ0) is 22.5. The number of thioether (sulfide) groups is 1. The molecule has 7 nitrogen and oxygen atoms in total. The summed E-state index contributed by atoms with van der Waals surface area (Å²) < 4.78 is 18.1. The number of hydrogen-bond acceptors (Lipinski definition) is 7. The third-order valence-corrected chi connectivity index (χ3v) is 6.01. The molecule has 0 spiro atoms. The molecule has 0 radical (unpaired) electrons. The first kappa shape index (κ1) is 21.7. The molecule has 8 heteroatoms. The molecule has 164 valence electrons. The first-order chi connectivity index (χ1) is 15.6. The lowest BCUT2D eigenvalue weighted by atomic mass is 10.1. The number of hydrogen-bond donors (Lipinski definition) is 0. The molecule has 0 amide bonds. The minimum atomic E-state index is -0.0650. The van der Waals surface area contributed by atoms with Crippen molar-refractivity contribution in [1.82, 2.24) is 14.8 Å². The van der Waals surface area contributed by atoms with Crippen LogP contribution in [0.1, 0.15) is 21.7 Å². The summed E-state index contributed by atoms with van der Waals surface area (Å²) in [7, 11) is 3.11. The summed E-state index contributed by atoms with van der Waals surface area (Å²) in [6.45, 7) is 2.47. The molecule has 0 saturated carbocycles. The number of aromatic nitrogens is 3. The van der Waals surface area contributed by atoms with Crippen LogP contribution in [0.5, 0.6) is 11.5 Å². The fraction of sp³-hybridized carbons (Fsp3) is 0.208. The predicted octanol–water partition coefficient (Wildman–Crippen LogP) is 4.89. The van der Waals surface area contributed by atoms with Gasteiger partial charge in [0.15, 0.2) is 16.8 Å². The van der Waals surface area contributed by atoms with Crippen molar-refractivity contribution < 1.29 is 18.7 Å². The van der Waals surface area contributed by atoms with E-state index in [1.54, 1.807) is 31.6 Å². The Kier molecular flexibility index (Phi) is 6.61. The Hall–Kier alpha value is -3.52. The van der Waals surface area contributed by atoms with Gasteiger partial charge in [0.25, 0.3) is 0 Å². The van der Waals surface area contributed by atoms with Crippen LogP contribution < -0.4 is 9.47 Å². The molecule has 2 aromatic heterocycles. The lowest BCUT2D eigenvalue weighted by Gasteiger charge is -2.11. The van der Waals surface area contributed by atoms with Crippen molar-refractivity contribution in [1.29, 1.82) is 0 Å². The first-order valence-electron chi connectivity index (χ1n) is 10.00. The number of carbonyl (C=O) groups excluding carboxylic acids is 1. The molecule has 4 aromatic rings. The summed E-state index contributed by atoms with van der Waals surface area (Å²) in [6, 6.07) is 17.1. The quantitative estimate of drug-likeness (QED) is 0.266. The third kappa shape index (κ3) is 4.55. The van der Waals surface area contributed by atoms with Gasteiger partial charge in [0.05, 0.1) is 43.9 Å². The molecule has 0 aliphatic heterocycles. The summed E-state index contributed by atoms with van der Waals surface area (Å²) in [5, 5.41) is 9.44. The van der Waals surface area contributed by atoms with Crippen molar-refractivity contribution in [2.75, 3.05) is 20.0 Å². The SMILES string of the molecule is COc1ccc(C(=O)CSc2nnc(-c3ccoc3C)n2Cc2ccccc2)c(OC)c1. The second kappa shape index (κ2) is 9.74. The van der Waals surface area contributed by atoms with Gasteiger partial charge in [-0.05, 0) is 30.7 Å². The van der Waals surface area contributed by atoms with Crippen LogP contribution in [0.25, 0.3) is 11.4 Å². The molecule has 0 bridgehead atoms. The van der Waals surface area contributed by atoms with E-state index in [4.69, 9.17) is 13.9 Å². The van der Waals surface area contributed by atoms with Gasteiger partial charge in [-0.25, -0.2) is 0 Å². The zero-order valence-corrected chi connectivity index (χ0v) is 18.9. The maximum Gasteiger partial charge on any atom is 0.192 e. The number of carbonyl (C=O) groups is 1. The molecule has 0 aliphatic rings. The van der Waals surface area contributed by atoms with Crippen LogP contribution in [0.2, 0.25) is 0 Å². The monoisotopic (exact) mass is 449 g/mol. The highest BCUT2D eigenvalue weighted by atomic mass is 32.2. The number of nitrogens with zero attached hydrogens (tertiary/aromatic N) is 3.